The van der Waals surface area contributed by atoms with Crippen LogP contribution in [0.1, 0.15) is 30.9 Å². The SMILES string of the molecule is CCCCc1ccc(NC(=O)Nc2ccc3c(ccn3CCN(C)C)c2)c(C)c1. The van der Waals surface area contributed by atoms with Gasteiger partial charge in [-0.15, -0.1) is 0 Å². The summed E-state index contributed by atoms with van der Waals surface area (Å²) in [6, 6.07) is 14.2. The van der Waals surface area contributed by atoms with Gasteiger partial charge in [-0.1, -0.05) is 25.5 Å². The van der Waals surface area contributed by atoms with Gasteiger partial charge in [-0.25, -0.2) is 4.79 Å². The molecule has 2 N–H and O–H groups in total. The number of nitrogens with zero attached hydrogens (tertiary/aromatic N) is 2. The summed E-state index contributed by atoms with van der Waals surface area (Å²) in [5, 5.41) is 7.04. The summed E-state index contributed by atoms with van der Waals surface area (Å²) in [6.07, 6.45) is 5.55. The van der Waals surface area contributed by atoms with Crippen molar-refractivity contribution >= 4 is 28.3 Å². The average molecular weight is 393 g/mol. The minimum Gasteiger partial charge on any atom is -0.346 e. The van der Waals surface area contributed by atoms with Crippen LogP contribution in [0.25, 0.3) is 10.9 Å². The Morgan fingerprint density at radius 1 is 1.07 bits per heavy atom. The fourth-order valence-corrected chi connectivity index (χ4v) is 3.47. The molecule has 2 aromatic carbocycles. The van der Waals surface area contributed by atoms with Crippen LogP contribution in [0.15, 0.2) is 48.7 Å². The highest BCUT2D eigenvalue weighted by atomic mass is 16.2. The minimum absolute atomic E-state index is 0.221. The number of fused-ring (bicyclic) bond motifs is 1. The summed E-state index contributed by atoms with van der Waals surface area (Å²) in [7, 11) is 4.15. The van der Waals surface area contributed by atoms with Gasteiger partial charge in [0.1, 0.15) is 0 Å². The number of nitrogens with one attached hydrogen (secondary N) is 2. The lowest BCUT2D eigenvalue weighted by Gasteiger charge is -2.13. The molecule has 0 fully saturated rings. The number of urea groups is 1. The quantitative estimate of drug-likeness (QED) is 0.532. The van der Waals surface area contributed by atoms with Gasteiger partial charge in [-0.2, -0.15) is 0 Å². The lowest BCUT2D eigenvalue weighted by molar-refractivity contribution is 0.262. The van der Waals surface area contributed by atoms with Gasteiger partial charge < -0.3 is 20.1 Å². The standard InChI is InChI=1S/C24H32N4O/c1-5-6-7-19-8-10-22(18(2)16-19)26-24(29)25-21-9-11-23-20(17-21)12-13-28(23)15-14-27(3)4/h8-13,16-17H,5-7,14-15H2,1-4H3,(H2,25,26,29). The van der Waals surface area contributed by atoms with Crippen LogP contribution < -0.4 is 10.6 Å². The second-order valence-electron chi connectivity index (χ2n) is 7.92. The van der Waals surface area contributed by atoms with Gasteiger partial charge in [0.15, 0.2) is 0 Å². The summed E-state index contributed by atoms with van der Waals surface area (Å²) in [5.74, 6) is 0. The highest BCUT2D eigenvalue weighted by molar-refractivity contribution is 6.01. The first-order valence-corrected chi connectivity index (χ1v) is 10.4. The van der Waals surface area contributed by atoms with Gasteiger partial charge >= 0.3 is 6.03 Å². The molecule has 0 aliphatic rings. The predicted octanol–water partition coefficient (Wildman–Crippen LogP) is 5.50. The van der Waals surface area contributed by atoms with Crippen molar-refractivity contribution in [1.82, 2.24) is 9.47 Å². The van der Waals surface area contributed by atoms with Gasteiger partial charge in [0.2, 0.25) is 0 Å². The van der Waals surface area contributed by atoms with E-state index < -0.39 is 0 Å². The first-order valence-electron chi connectivity index (χ1n) is 10.4. The van der Waals surface area contributed by atoms with Crippen LogP contribution in [0.3, 0.4) is 0 Å². The number of hydrogen-bond acceptors (Lipinski definition) is 2. The highest BCUT2D eigenvalue weighted by Gasteiger charge is 2.08. The zero-order valence-corrected chi connectivity index (χ0v) is 18.0. The van der Waals surface area contributed by atoms with E-state index in [-0.39, 0.29) is 6.03 Å². The third-order valence-electron chi connectivity index (χ3n) is 5.18. The van der Waals surface area contributed by atoms with Crippen molar-refractivity contribution < 1.29 is 4.79 Å². The number of carbonyl (C=O) groups excluding carboxylic acids is 1. The fraction of sp³-hybridized carbons (Fsp3) is 0.375. The van der Waals surface area contributed by atoms with E-state index >= 15 is 0 Å². The Morgan fingerprint density at radius 2 is 1.90 bits per heavy atom. The smallest absolute Gasteiger partial charge is 0.323 e. The average Bonchev–Trinajstić information content (AvgIpc) is 3.09. The van der Waals surface area contributed by atoms with E-state index in [0.717, 1.165) is 41.8 Å². The van der Waals surface area contributed by atoms with Gasteiger partial charge in [0.25, 0.3) is 0 Å². The fourth-order valence-electron chi connectivity index (χ4n) is 3.47. The topological polar surface area (TPSA) is 49.3 Å². The van der Waals surface area contributed by atoms with Gasteiger partial charge in [-0.05, 0) is 75.3 Å². The lowest BCUT2D eigenvalue weighted by Crippen LogP contribution is -2.20. The van der Waals surface area contributed by atoms with Gasteiger partial charge in [-0.3, -0.25) is 0 Å². The third kappa shape index (κ3) is 5.61. The Labute approximate surface area is 173 Å². The summed E-state index contributed by atoms with van der Waals surface area (Å²) < 4.78 is 2.24. The lowest BCUT2D eigenvalue weighted by atomic mass is 10.0. The predicted molar refractivity (Wildman–Crippen MR) is 123 cm³/mol. The number of rotatable bonds is 8. The molecule has 0 radical (unpaired) electrons. The van der Waals surface area contributed by atoms with Crippen LogP contribution in [0.4, 0.5) is 16.2 Å². The van der Waals surface area contributed by atoms with E-state index in [1.807, 2.05) is 25.1 Å². The van der Waals surface area contributed by atoms with Gasteiger partial charge in [0.05, 0.1) is 0 Å². The molecule has 0 unspecified atom stereocenters. The Balaban J connectivity index is 1.64. The minimum atomic E-state index is -0.221. The Kier molecular flexibility index (Phi) is 6.94. The van der Waals surface area contributed by atoms with E-state index in [2.05, 4.69) is 71.6 Å². The molecule has 1 aromatic heterocycles. The van der Waals surface area contributed by atoms with Crippen LogP contribution in [0.2, 0.25) is 0 Å². The van der Waals surface area contributed by atoms with Crippen LogP contribution in [-0.2, 0) is 13.0 Å². The highest BCUT2D eigenvalue weighted by Crippen LogP contribution is 2.22. The summed E-state index contributed by atoms with van der Waals surface area (Å²) in [6.45, 7) is 6.16. The molecule has 1 heterocycles. The molecule has 29 heavy (non-hydrogen) atoms. The van der Waals surface area contributed by atoms with Crippen molar-refractivity contribution in [2.75, 3.05) is 31.3 Å². The van der Waals surface area contributed by atoms with Crippen molar-refractivity contribution in [1.29, 1.82) is 0 Å². The second-order valence-corrected chi connectivity index (χ2v) is 7.92. The second kappa shape index (κ2) is 9.61. The summed E-state index contributed by atoms with van der Waals surface area (Å²) in [5.41, 5.74) is 5.22. The molecule has 154 valence electrons. The first-order chi connectivity index (χ1) is 14.0. The molecule has 0 aliphatic carbocycles. The normalized spacial score (nSPS) is 11.2. The molecular formula is C24H32N4O. The van der Waals surface area contributed by atoms with E-state index in [1.165, 1.54) is 23.9 Å². The van der Waals surface area contributed by atoms with Crippen LogP contribution in [-0.4, -0.2) is 36.1 Å². The van der Waals surface area contributed by atoms with Crippen molar-refractivity contribution in [2.24, 2.45) is 0 Å². The summed E-state index contributed by atoms with van der Waals surface area (Å²) >= 11 is 0. The molecule has 0 spiro atoms. The van der Waals surface area contributed by atoms with Gasteiger partial charge in [0, 0.05) is 41.6 Å². The Morgan fingerprint density at radius 3 is 2.62 bits per heavy atom. The molecule has 0 saturated carbocycles. The largest absolute Gasteiger partial charge is 0.346 e. The Bertz CT molecular complexity index is 974. The number of anilines is 2. The molecule has 2 amide bonds. The molecule has 0 atom stereocenters. The maximum absolute atomic E-state index is 12.5. The molecule has 0 saturated heterocycles. The van der Waals surface area contributed by atoms with E-state index in [4.69, 9.17) is 0 Å². The summed E-state index contributed by atoms with van der Waals surface area (Å²) in [4.78, 5) is 14.6. The number of likely N-dealkylation sites (N-methyl/N-ethyl adjacent to an activating group) is 1. The number of unbranched alkanes of at least 4 members (excludes halogenated alkanes) is 1. The van der Waals surface area contributed by atoms with Crippen molar-refractivity contribution in [3.05, 3.63) is 59.8 Å². The number of hydrogen-bond donors (Lipinski definition) is 2. The molecule has 3 aromatic rings. The molecule has 5 heteroatoms. The molecule has 0 aliphatic heterocycles. The zero-order chi connectivity index (χ0) is 20.8. The molecule has 3 rings (SSSR count). The molecule has 5 nitrogen and oxygen atoms in total. The number of carbonyl (C=O) groups is 1. The number of benzene rings is 2. The Hall–Kier alpha value is -2.79. The number of amides is 2. The maximum atomic E-state index is 12.5. The maximum Gasteiger partial charge on any atom is 0.323 e. The monoisotopic (exact) mass is 392 g/mol. The third-order valence-corrected chi connectivity index (χ3v) is 5.18. The van der Waals surface area contributed by atoms with Crippen LogP contribution in [0.5, 0.6) is 0 Å². The van der Waals surface area contributed by atoms with E-state index in [9.17, 15) is 4.79 Å². The van der Waals surface area contributed by atoms with Crippen molar-refractivity contribution in [3.8, 4) is 0 Å². The molecular weight excluding hydrogens is 360 g/mol. The number of aryl methyl sites for hydroxylation is 2. The van der Waals surface area contributed by atoms with Crippen LogP contribution >= 0.6 is 0 Å². The van der Waals surface area contributed by atoms with E-state index in [0.29, 0.717) is 0 Å². The first kappa shape index (κ1) is 20.9. The van der Waals surface area contributed by atoms with Crippen LogP contribution in [0, 0.1) is 6.92 Å². The zero-order valence-electron chi connectivity index (χ0n) is 18.0. The van der Waals surface area contributed by atoms with E-state index in [1.54, 1.807) is 0 Å². The molecule has 0 bridgehead atoms. The number of aromatic nitrogens is 1. The van der Waals surface area contributed by atoms with Crippen molar-refractivity contribution in [2.45, 2.75) is 39.7 Å². The van der Waals surface area contributed by atoms with Crippen molar-refractivity contribution in [3.63, 3.8) is 0 Å².